The van der Waals surface area contributed by atoms with Crippen LogP contribution in [-0.2, 0) is 0 Å². The van der Waals surface area contributed by atoms with Crippen LogP contribution in [0.25, 0.3) is 0 Å². The number of carbonyl (C=O) groups excluding carboxylic acids is 1. The molecule has 0 aliphatic carbocycles. The van der Waals surface area contributed by atoms with E-state index in [0.717, 1.165) is 4.47 Å². The van der Waals surface area contributed by atoms with Crippen LogP contribution in [0.4, 0.5) is 4.39 Å². The molecule has 0 aromatic heterocycles. The summed E-state index contributed by atoms with van der Waals surface area (Å²) in [6.07, 6.45) is 0. The predicted octanol–water partition coefficient (Wildman–Crippen LogP) is 3.50. The molecule has 1 aromatic rings. The van der Waals surface area contributed by atoms with E-state index in [4.69, 9.17) is 0 Å². The molecule has 18 heavy (non-hydrogen) atoms. The summed E-state index contributed by atoms with van der Waals surface area (Å²) in [6, 6.07) is 4.50. The van der Waals surface area contributed by atoms with E-state index in [1.807, 2.05) is 0 Å². The fourth-order valence-corrected chi connectivity index (χ4v) is 2.46. The average Bonchev–Trinajstić information content (AvgIpc) is 2.17. The van der Waals surface area contributed by atoms with Gasteiger partial charge in [-0.3, -0.25) is 9.69 Å². The normalized spacial score (nSPS) is 17.6. The second-order valence-electron chi connectivity index (χ2n) is 5.76. The van der Waals surface area contributed by atoms with Crippen molar-refractivity contribution in [3.05, 3.63) is 34.1 Å². The van der Waals surface area contributed by atoms with E-state index in [0.29, 0.717) is 13.1 Å². The standard InChI is InChI=1S/C14H17BrFNO/c1-14(2,3)17-7-9(8-17)13(18)11-6-10(15)4-5-12(11)16/h4-6,9H,7-8H2,1-3H3. The molecule has 0 amide bonds. The van der Waals surface area contributed by atoms with Gasteiger partial charge in [-0.2, -0.15) is 0 Å². The zero-order chi connectivity index (χ0) is 13.5. The molecular weight excluding hydrogens is 297 g/mol. The Kier molecular flexibility index (Phi) is 3.60. The van der Waals surface area contributed by atoms with Gasteiger partial charge in [0.1, 0.15) is 5.82 Å². The Morgan fingerprint density at radius 1 is 1.39 bits per heavy atom. The largest absolute Gasteiger partial charge is 0.297 e. The van der Waals surface area contributed by atoms with Crippen molar-refractivity contribution in [2.75, 3.05) is 13.1 Å². The molecule has 98 valence electrons. The molecule has 0 radical (unpaired) electrons. The van der Waals surface area contributed by atoms with Crippen molar-refractivity contribution in [3.63, 3.8) is 0 Å². The lowest BCUT2D eigenvalue weighted by atomic mass is 9.86. The first-order valence-corrected chi connectivity index (χ1v) is 6.82. The van der Waals surface area contributed by atoms with E-state index in [-0.39, 0.29) is 22.8 Å². The van der Waals surface area contributed by atoms with E-state index < -0.39 is 5.82 Å². The highest BCUT2D eigenvalue weighted by Crippen LogP contribution is 2.29. The zero-order valence-corrected chi connectivity index (χ0v) is 12.4. The molecule has 0 spiro atoms. The highest BCUT2D eigenvalue weighted by atomic mass is 79.9. The van der Waals surface area contributed by atoms with E-state index in [9.17, 15) is 9.18 Å². The maximum atomic E-state index is 13.6. The Balaban J connectivity index is 2.08. The summed E-state index contributed by atoms with van der Waals surface area (Å²) in [5.41, 5.74) is 0.273. The molecule has 2 rings (SSSR count). The van der Waals surface area contributed by atoms with Crippen LogP contribution >= 0.6 is 15.9 Å². The van der Waals surface area contributed by atoms with Gasteiger partial charge in [0, 0.05) is 29.0 Å². The van der Waals surface area contributed by atoms with E-state index in [1.165, 1.54) is 6.07 Å². The number of benzene rings is 1. The van der Waals surface area contributed by atoms with Crippen LogP contribution in [-0.4, -0.2) is 29.3 Å². The minimum atomic E-state index is -0.433. The van der Waals surface area contributed by atoms with Crippen LogP contribution in [0, 0.1) is 11.7 Å². The highest BCUT2D eigenvalue weighted by molar-refractivity contribution is 9.10. The van der Waals surface area contributed by atoms with Crippen molar-refractivity contribution < 1.29 is 9.18 Å². The number of likely N-dealkylation sites (tertiary alicyclic amines) is 1. The Hall–Kier alpha value is -0.740. The molecular formula is C14H17BrFNO. The van der Waals surface area contributed by atoms with Crippen molar-refractivity contribution in [3.8, 4) is 0 Å². The van der Waals surface area contributed by atoms with Gasteiger partial charge in [-0.05, 0) is 39.0 Å². The quantitative estimate of drug-likeness (QED) is 0.779. The van der Waals surface area contributed by atoms with Crippen LogP contribution in [0.1, 0.15) is 31.1 Å². The van der Waals surface area contributed by atoms with Gasteiger partial charge >= 0.3 is 0 Å². The Bertz CT molecular complexity index is 475. The second kappa shape index (κ2) is 4.74. The first-order valence-electron chi connectivity index (χ1n) is 6.03. The number of hydrogen-bond acceptors (Lipinski definition) is 2. The first-order chi connectivity index (χ1) is 8.29. The lowest BCUT2D eigenvalue weighted by molar-refractivity contribution is 0.0167. The number of ketones is 1. The fraction of sp³-hybridized carbons (Fsp3) is 0.500. The average molecular weight is 314 g/mol. The lowest BCUT2D eigenvalue weighted by Gasteiger charge is -2.47. The van der Waals surface area contributed by atoms with Crippen molar-refractivity contribution >= 4 is 21.7 Å². The van der Waals surface area contributed by atoms with Crippen molar-refractivity contribution in [2.45, 2.75) is 26.3 Å². The summed E-state index contributed by atoms with van der Waals surface area (Å²) in [6.45, 7) is 7.79. The summed E-state index contributed by atoms with van der Waals surface area (Å²) in [7, 11) is 0. The fourth-order valence-electron chi connectivity index (χ4n) is 2.10. The molecule has 1 saturated heterocycles. The smallest absolute Gasteiger partial charge is 0.171 e. The third-order valence-corrected chi connectivity index (χ3v) is 3.89. The minimum Gasteiger partial charge on any atom is -0.297 e. The van der Waals surface area contributed by atoms with Crippen molar-refractivity contribution in [2.24, 2.45) is 5.92 Å². The Morgan fingerprint density at radius 3 is 2.56 bits per heavy atom. The zero-order valence-electron chi connectivity index (χ0n) is 10.8. The third kappa shape index (κ3) is 2.64. The second-order valence-corrected chi connectivity index (χ2v) is 6.68. The topological polar surface area (TPSA) is 20.3 Å². The van der Waals surface area contributed by atoms with E-state index in [1.54, 1.807) is 12.1 Å². The molecule has 4 heteroatoms. The summed E-state index contributed by atoms with van der Waals surface area (Å²) in [5.74, 6) is -0.597. The number of carbonyl (C=O) groups is 1. The van der Waals surface area contributed by atoms with Crippen LogP contribution in [0.15, 0.2) is 22.7 Å². The molecule has 0 unspecified atom stereocenters. The van der Waals surface area contributed by atoms with Gasteiger partial charge in [-0.25, -0.2) is 4.39 Å². The van der Waals surface area contributed by atoms with Gasteiger partial charge in [0.05, 0.1) is 5.56 Å². The van der Waals surface area contributed by atoms with Gasteiger partial charge in [0.25, 0.3) is 0 Å². The molecule has 1 fully saturated rings. The summed E-state index contributed by atoms with van der Waals surface area (Å²) in [4.78, 5) is 14.4. The Labute approximate surface area is 115 Å². The van der Waals surface area contributed by atoms with Gasteiger partial charge in [0.15, 0.2) is 5.78 Å². The molecule has 0 saturated carbocycles. The maximum absolute atomic E-state index is 13.6. The molecule has 1 aliphatic heterocycles. The molecule has 1 aromatic carbocycles. The molecule has 2 nitrogen and oxygen atoms in total. The number of rotatable bonds is 2. The number of hydrogen-bond donors (Lipinski definition) is 0. The first kappa shape index (κ1) is 13.7. The van der Waals surface area contributed by atoms with Crippen LogP contribution in [0.3, 0.4) is 0 Å². The molecule has 1 heterocycles. The van der Waals surface area contributed by atoms with Gasteiger partial charge in [-0.15, -0.1) is 0 Å². The molecule has 0 atom stereocenters. The van der Waals surface area contributed by atoms with E-state index >= 15 is 0 Å². The number of halogens is 2. The van der Waals surface area contributed by atoms with Gasteiger partial charge in [0.2, 0.25) is 0 Å². The summed E-state index contributed by atoms with van der Waals surface area (Å²) < 4.78 is 14.4. The maximum Gasteiger partial charge on any atom is 0.171 e. The Morgan fingerprint density at radius 2 is 2.00 bits per heavy atom. The van der Waals surface area contributed by atoms with Crippen molar-refractivity contribution in [1.82, 2.24) is 4.90 Å². The van der Waals surface area contributed by atoms with Gasteiger partial charge < -0.3 is 0 Å². The van der Waals surface area contributed by atoms with Crippen LogP contribution in [0.2, 0.25) is 0 Å². The lowest BCUT2D eigenvalue weighted by Crippen LogP contribution is -2.58. The summed E-state index contributed by atoms with van der Waals surface area (Å²) >= 11 is 3.27. The summed E-state index contributed by atoms with van der Waals surface area (Å²) in [5, 5.41) is 0. The van der Waals surface area contributed by atoms with E-state index in [2.05, 4.69) is 41.6 Å². The predicted molar refractivity (Wildman–Crippen MR) is 73.2 cm³/mol. The van der Waals surface area contributed by atoms with Crippen LogP contribution < -0.4 is 0 Å². The minimum absolute atomic E-state index is 0.0759. The van der Waals surface area contributed by atoms with Crippen LogP contribution in [0.5, 0.6) is 0 Å². The number of Topliss-reactive ketones (excluding diaryl/α,β-unsaturated/α-hetero) is 1. The number of nitrogens with zero attached hydrogens (tertiary/aromatic N) is 1. The molecule has 0 bridgehead atoms. The molecule has 1 aliphatic rings. The SMILES string of the molecule is CC(C)(C)N1CC(C(=O)c2cc(Br)ccc2F)C1. The van der Waals surface area contributed by atoms with Crippen molar-refractivity contribution in [1.29, 1.82) is 0 Å². The highest BCUT2D eigenvalue weighted by Gasteiger charge is 2.39. The third-order valence-electron chi connectivity index (χ3n) is 3.39. The van der Waals surface area contributed by atoms with Gasteiger partial charge in [-0.1, -0.05) is 15.9 Å². The molecule has 0 N–H and O–H groups in total. The monoisotopic (exact) mass is 313 g/mol.